The van der Waals surface area contributed by atoms with Gasteiger partial charge < -0.3 is 14.8 Å². The van der Waals surface area contributed by atoms with Gasteiger partial charge in [-0.05, 0) is 55.5 Å². The zero-order valence-electron chi connectivity index (χ0n) is 16.4. The summed E-state index contributed by atoms with van der Waals surface area (Å²) in [4.78, 5) is 28.9. The topological polar surface area (TPSA) is 82.5 Å². The Kier molecular flexibility index (Phi) is 6.63. The molecule has 150 valence electrons. The Morgan fingerprint density at radius 1 is 1.07 bits per heavy atom. The van der Waals surface area contributed by atoms with E-state index in [2.05, 4.69) is 10.3 Å². The van der Waals surface area contributed by atoms with Crippen LogP contribution in [0.25, 0.3) is 11.3 Å². The molecule has 29 heavy (non-hydrogen) atoms. The first-order valence-electron chi connectivity index (χ1n) is 9.32. The molecule has 3 aromatic rings. The second-order valence-electron chi connectivity index (χ2n) is 6.25. The lowest BCUT2D eigenvalue weighted by atomic mass is 10.1. The second-order valence-corrected chi connectivity index (χ2v) is 6.25. The molecule has 0 aliphatic carbocycles. The minimum atomic E-state index is -0.209. The van der Waals surface area contributed by atoms with Crippen LogP contribution in [0.5, 0.6) is 11.5 Å². The fourth-order valence-corrected chi connectivity index (χ4v) is 2.77. The van der Waals surface area contributed by atoms with Gasteiger partial charge in [-0.3, -0.25) is 14.2 Å². The molecule has 1 N–H and O–H groups in total. The molecule has 2 aromatic carbocycles. The predicted octanol–water partition coefficient (Wildman–Crippen LogP) is 2.75. The lowest BCUT2D eigenvalue weighted by molar-refractivity contribution is 0.0952. The van der Waals surface area contributed by atoms with Crippen LogP contribution in [-0.4, -0.2) is 35.7 Å². The summed E-state index contributed by atoms with van der Waals surface area (Å²) in [5.74, 6) is 1.25. The Hall–Kier alpha value is -3.61. The maximum Gasteiger partial charge on any atom is 0.253 e. The van der Waals surface area contributed by atoms with Crippen LogP contribution in [0.1, 0.15) is 17.3 Å². The van der Waals surface area contributed by atoms with Gasteiger partial charge in [-0.15, -0.1) is 0 Å². The number of hydrogen-bond acceptors (Lipinski definition) is 5. The third-order valence-electron chi connectivity index (χ3n) is 4.33. The number of aromatic nitrogens is 2. The van der Waals surface area contributed by atoms with Gasteiger partial charge in [0.25, 0.3) is 11.5 Å². The average Bonchev–Trinajstić information content (AvgIpc) is 2.75. The van der Waals surface area contributed by atoms with Crippen LogP contribution in [-0.2, 0) is 6.54 Å². The summed E-state index contributed by atoms with van der Waals surface area (Å²) in [5.41, 5.74) is 1.78. The lowest BCUT2D eigenvalue weighted by Gasteiger charge is -2.09. The number of benzene rings is 2. The van der Waals surface area contributed by atoms with Crippen LogP contribution in [0.3, 0.4) is 0 Å². The highest BCUT2D eigenvalue weighted by Gasteiger charge is 2.07. The fourth-order valence-electron chi connectivity index (χ4n) is 2.77. The zero-order valence-corrected chi connectivity index (χ0v) is 16.4. The molecule has 7 nitrogen and oxygen atoms in total. The van der Waals surface area contributed by atoms with Crippen molar-refractivity contribution in [3.05, 3.63) is 76.8 Å². The van der Waals surface area contributed by atoms with Gasteiger partial charge in [-0.25, -0.2) is 4.98 Å². The van der Waals surface area contributed by atoms with Crippen LogP contribution in [0.2, 0.25) is 0 Å². The van der Waals surface area contributed by atoms with Crippen molar-refractivity contribution < 1.29 is 14.3 Å². The summed E-state index contributed by atoms with van der Waals surface area (Å²) in [6.07, 6.45) is 1.49. The summed E-state index contributed by atoms with van der Waals surface area (Å²) in [7, 11) is 1.57. The maximum absolute atomic E-state index is 12.4. The van der Waals surface area contributed by atoms with Crippen LogP contribution >= 0.6 is 0 Å². The molecule has 0 fully saturated rings. The fraction of sp³-hybridized carbons (Fsp3) is 0.227. The largest absolute Gasteiger partial charge is 0.497 e. The first kappa shape index (κ1) is 20.1. The molecule has 0 saturated heterocycles. The molecular formula is C22H23N3O4. The number of carbonyl (C=O) groups is 1. The van der Waals surface area contributed by atoms with E-state index < -0.39 is 0 Å². The smallest absolute Gasteiger partial charge is 0.253 e. The van der Waals surface area contributed by atoms with E-state index in [4.69, 9.17) is 9.47 Å². The van der Waals surface area contributed by atoms with Crippen molar-refractivity contribution in [1.29, 1.82) is 0 Å². The van der Waals surface area contributed by atoms with E-state index in [1.54, 1.807) is 31.4 Å². The lowest BCUT2D eigenvalue weighted by Crippen LogP contribution is -2.30. The summed E-state index contributed by atoms with van der Waals surface area (Å²) in [6, 6.07) is 15.7. The van der Waals surface area contributed by atoms with Crippen molar-refractivity contribution in [1.82, 2.24) is 14.9 Å². The van der Waals surface area contributed by atoms with Crippen LogP contribution in [0.4, 0.5) is 0 Å². The number of hydrogen-bond donors (Lipinski definition) is 1. The Labute approximate surface area is 168 Å². The third-order valence-corrected chi connectivity index (χ3v) is 4.33. The number of rotatable bonds is 8. The summed E-state index contributed by atoms with van der Waals surface area (Å²) < 4.78 is 12.0. The second kappa shape index (κ2) is 9.54. The van der Waals surface area contributed by atoms with E-state index in [1.165, 1.54) is 17.0 Å². The summed E-state index contributed by atoms with van der Waals surface area (Å²) in [5, 5.41) is 2.80. The molecule has 1 heterocycles. The van der Waals surface area contributed by atoms with E-state index in [1.807, 2.05) is 31.2 Å². The van der Waals surface area contributed by atoms with Crippen molar-refractivity contribution in [3.63, 3.8) is 0 Å². The predicted molar refractivity (Wildman–Crippen MR) is 110 cm³/mol. The van der Waals surface area contributed by atoms with E-state index in [-0.39, 0.29) is 11.5 Å². The minimum absolute atomic E-state index is 0.178. The monoisotopic (exact) mass is 393 g/mol. The number of nitrogens with zero attached hydrogens (tertiary/aromatic N) is 2. The molecule has 0 radical (unpaired) electrons. The van der Waals surface area contributed by atoms with Crippen molar-refractivity contribution in [3.8, 4) is 22.8 Å². The van der Waals surface area contributed by atoms with E-state index in [0.717, 1.165) is 11.3 Å². The van der Waals surface area contributed by atoms with Gasteiger partial charge >= 0.3 is 0 Å². The minimum Gasteiger partial charge on any atom is -0.497 e. The molecule has 0 atom stereocenters. The molecule has 7 heteroatoms. The molecule has 1 aromatic heterocycles. The quantitative estimate of drug-likeness (QED) is 0.636. The van der Waals surface area contributed by atoms with Crippen LogP contribution in [0, 0.1) is 0 Å². The molecule has 0 aliphatic heterocycles. The molecule has 0 saturated carbocycles. The molecule has 3 rings (SSSR count). The molecular weight excluding hydrogens is 370 g/mol. The van der Waals surface area contributed by atoms with Gasteiger partial charge in [-0.1, -0.05) is 0 Å². The highest BCUT2D eigenvalue weighted by molar-refractivity contribution is 5.94. The molecule has 0 unspecified atom stereocenters. The SMILES string of the molecule is CCOc1ccc(-c2cc(=O)n(CCNC(=O)c3ccc(OC)cc3)cn2)cc1. The molecule has 0 bridgehead atoms. The zero-order chi connectivity index (χ0) is 20.6. The maximum atomic E-state index is 12.4. The standard InChI is InChI=1S/C22H23N3O4/c1-3-29-19-10-4-16(5-11-19)20-14-21(26)25(15-24-20)13-12-23-22(27)17-6-8-18(28-2)9-7-17/h4-11,14-15H,3,12-13H2,1-2H3,(H,23,27). The normalized spacial score (nSPS) is 10.4. The number of nitrogens with one attached hydrogen (secondary N) is 1. The van der Waals surface area contributed by atoms with Gasteiger partial charge in [-0.2, -0.15) is 0 Å². The van der Waals surface area contributed by atoms with E-state index in [9.17, 15) is 9.59 Å². The van der Waals surface area contributed by atoms with Crippen LogP contribution < -0.4 is 20.3 Å². The molecule has 0 spiro atoms. The van der Waals surface area contributed by atoms with Gasteiger partial charge in [0.05, 0.1) is 25.7 Å². The Bertz CT molecular complexity index is 1010. The van der Waals surface area contributed by atoms with Gasteiger partial charge in [0.15, 0.2) is 0 Å². The van der Waals surface area contributed by atoms with Crippen molar-refractivity contribution in [2.75, 3.05) is 20.3 Å². The third kappa shape index (κ3) is 5.22. The summed E-state index contributed by atoms with van der Waals surface area (Å²) >= 11 is 0. The van der Waals surface area contributed by atoms with Crippen molar-refractivity contribution >= 4 is 5.91 Å². The van der Waals surface area contributed by atoms with Crippen LogP contribution in [0.15, 0.2) is 65.7 Å². The average molecular weight is 393 g/mol. The van der Waals surface area contributed by atoms with Crippen molar-refractivity contribution in [2.24, 2.45) is 0 Å². The van der Waals surface area contributed by atoms with Crippen molar-refractivity contribution in [2.45, 2.75) is 13.5 Å². The highest BCUT2D eigenvalue weighted by atomic mass is 16.5. The number of amides is 1. The first-order valence-corrected chi connectivity index (χ1v) is 9.32. The summed E-state index contributed by atoms with van der Waals surface area (Å²) in [6.45, 7) is 3.17. The van der Waals surface area contributed by atoms with E-state index >= 15 is 0 Å². The Morgan fingerprint density at radius 2 is 1.76 bits per heavy atom. The van der Waals surface area contributed by atoms with E-state index in [0.29, 0.717) is 36.7 Å². The highest BCUT2D eigenvalue weighted by Crippen LogP contribution is 2.19. The molecule has 1 amide bonds. The van der Waals surface area contributed by atoms with Gasteiger partial charge in [0.2, 0.25) is 0 Å². The number of ether oxygens (including phenoxy) is 2. The number of carbonyl (C=O) groups excluding carboxylic acids is 1. The number of methoxy groups -OCH3 is 1. The van der Waals surface area contributed by atoms with Gasteiger partial charge in [0.1, 0.15) is 11.5 Å². The molecule has 0 aliphatic rings. The Balaban J connectivity index is 1.59. The Morgan fingerprint density at radius 3 is 2.38 bits per heavy atom. The first-order chi connectivity index (χ1) is 14.1. The van der Waals surface area contributed by atoms with Gasteiger partial charge in [0, 0.05) is 30.3 Å².